The van der Waals surface area contributed by atoms with Crippen molar-refractivity contribution < 1.29 is 9.90 Å². The summed E-state index contributed by atoms with van der Waals surface area (Å²) >= 11 is 0. The van der Waals surface area contributed by atoms with Crippen molar-refractivity contribution in [3.63, 3.8) is 0 Å². The Morgan fingerprint density at radius 1 is 1.45 bits per heavy atom. The summed E-state index contributed by atoms with van der Waals surface area (Å²) < 4.78 is 0. The second-order valence-electron chi connectivity index (χ2n) is 5.69. The molecule has 1 aromatic rings. The molecule has 1 aliphatic rings. The van der Waals surface area contributed by atoms with E-state index in [9.17, 15) is 14.7 Å². The van der Waals surface area contributed by atoms with Crippen molar-refractivity contribution in [1.29, 1.82) is 0 Å². The number of carbonyl (C=O) groups is 1. The summed E-state index contributed by atoms with van der Waals surface area (Å²) in [5.41, 5.74) is -0.890. The van der Waals surface area contributed by atoms with Gasteiger partial charge in [0.05, 0.1) is 5.60 Å². The molecule has 2 rings (SSSR count). The fraction of sp³-hybridized carbons (Fsp3) is 0.600. The van der Waals surface area contributed by atoms with Crippen molar-refractivity contribution in [2.24, 2.45) is 5.92 Å². The van der Waals surface area contributed by atoms with Gasteiger partial charge in [0.25, 0.3) is 5.91 Å². The summed E-state index contributed by atoms with van der Waals surface area (Å²) in [4.78, 5) is 25.5. The Morgan fingerprint density at radius 2 is 2.15 bits per heavy atom. The molecule has 0 unspecified atom stereocenters. The van der Waals surface area contributed by atoms with E-state index >= 15 is 0 Å². The molecule has 0 spiro atoms. The van der Waals surface area contributed by atoms with E-state index in [0.29, 0.717) is 5.92 Å². The van der Waals surface area contributed by atoms with Gasteiger partial charge >= 0.3 is 0 Å². The number of rotatable bonds is 4. The third-order valence-corrected chi connectivity index (χ3v) is 4.20. The number of H-pyrrole nitrogens is 1. The molecule has 1 amide bonds. The minimum Gasteiger partial charge on any atom is -0.388 e. The molecule has 0 atom stereocenters. The number of aromatic nitrogens is 1. The van der Waals surface area contributed by atoms with E-state index in [1.807, 2.05) is 0 Å². The molecule has 5 nitrogen and oxygen atoms in total. The maximum Gasteiger partial charge on any atom is 0.267 e. The van der Waals surface area contributed by atoms with E-state index in [4.69, 9.17) is 0 Å². The van der Waals surface area contributed by atoms with Crippen molar-refractivity contribution in [3.8, 4) is 0 Å². The average molecular weight is 278 g/mol. The van der Waals surface area contributed by atoms with Gasteiger partial charge in [-0.2, -0.15) is 0 Å². The van der Waals surface area contributed by atoms with E-state index in [0.717, 1.165) is 32.1 Å². The maximum absolute atomic E-state index is 11.9. The normalized spacial score (nSPS) is 26.2. The summed E-state index contributed by atoms with van der Waals surface area (Å²) in [6.07, 6.45) is 4.60. The van der Waals surface area contributed by atoms with Crippen molar-refractivity contribution in [1.82, 2.24) is 10.3 Å². The minimum absolute atomic E-state index is 0.225. The van der Waals surface area contributed by atoms with Crippen LogP contribution in [0.4, 0.5) is 0 Å². The molecule has 0 aliphatic heterocycles. The second-order valence-corrected chi connectivity index (χ2v) is 5.69. The Bertz CT molecular complexity index is 516. The van der Waals surface area contributed by atoms with Gasteiger partial charge in [0.15, 0.2) is 0 Å². The van der Waals surface area contributed by atoms with Crippen LogP contribution in [0.2, 0.25) is 0 Å². The summed E-state index contributed by atoms with van der Waals surface area (Å²) in [7, 11) is 0. The van der Waals surface area contributed by atoms with E-state index in [1.165, 1.54) is 12.1 Å². The highest BCUT2D eigenvalue weighted by molar-refractivity contribution is 5.92. The molecule has 1 aromatic heterocycles. The monoisotopic (exact) mass is 278 g/mol. The molecule has 1 fully saturated rings. The summed E-state index contributed by atoms with van der Waals surface area (Å²) in [6, 6.07) is 4.44. The molecular weight excluding hydrogens is 256 g/mol. The van der Waals surface area contributed by atoms with Crippen LogP contribution in [0.1, 0.15) is 49.5 Å². The molecule has 20 heavy (non-hydrogen) atoms. The molecule has 110 valence electrons. The Morgan fingerprint density at radius 3 is 2.75 bits per heavy atom. The quantitative estimate of drug-likeness (QED) is 0.779. The van der Waals surface area contributed by atoms with Gasteiger partial charge in [-0.1, -0.05) is 19.4 Å². The predicted octanol–water partition coefficient (Wildman–Crippen LogP) is 1.44. The van der Waals surface area contributed by atoms with Crippen LogP contribution in [-0.2, 0) is 0 Å². The van der Waals surface area contributed by atoms with Gasteiger partial charge in [0, 0.05) is 12.6 Å². The average Bonchev–Trinajstić information content (AvgIpc) is 2.46. The topological polar surface area (TPSA) is 82.2 Å². The molecule has 1 heterocycles. The largest absolute Gasteiger partial charge is 0.388 e. The van der Waals surface area contributed by atoms with E-state index in [-0.39, 0.29) is 23.7 Å². The Hall–Kier alpha value is -1.62. The van der Waals surface area contributed by atoms with Crippen LogP contribution in [0.5, 0.6) is 0 Å². The molecule has 0 bridgehead atoms. The van der Waals surface area contributed by atoms with Crippen molar-refractivity contribution in [2.45, 2.75) is 44.6 Å². The highest BCUT2D eigenvalue weighted by atomic mass is 16.3. The first-order valence-corrected chi connectivity index (χ1v) is 7.22. The number of amides is 1. The zero-order valence-corrected chi connectivity index (χ0v) is 11.8. The molecule has 0 aromatic carbocycles. The molecule has 3 N–H and O–H groups in total. The van der Waals surface area contributed by atoms with E-state index in [2.05, 4.69) is 17.2 Å². The van der Waals surface area contributed by atoms with Crippen LogP contribution in [0.15, 0.2) is 23.0 Å². The molecule has 1 saturated carbocycles. The van der Waals surface area contributed by atoms with Crippen molar-refractivity contribution >= 4 is 5.91 Å². The molecule has 0 radical (unpaired) electrons. The first-order chi connectivity index (χ1) is 9.52. The second kappa shape index (κ2) is 6.22. The van der Waals surface area contributed by atoms with Crippen LogP contribution in [0, 0.1) is 5.92 Å². The van der Waals surface area contributed by atoms with Gasteiger partial charge in [0.2, 0.25) is 5.56 Å². The molecular formula is C15H22N2O3. The summed E-state index contributed by atoms with van der Waals surface area (Å²) in [5, 5.41) is 13.2. The van der Waals surface area contributed by atoms with E-state index < -0.39 is 5.60 Å². The lowest BCUT2D eigenvalue weighted by molar-refractivity contribution is -0.00790. The first kappa shape index (κ1) is 14.8. The van der Waals surface area contributed by atoms with Gasteiger partial charge in [-0.15, -0.1) is 0 Å². The lowest BCUT2D eigenvalue weighted by Crippen LogP contribution is -2.45. The van der Waals surface area contributed by atoms with Gasteiger partial charge in [-0.25, -0.2) is 0 Å². The summed E-state index contributed by atoms with van der Waals surface area (Å²) in [6.45, 7) is 2.40. The highest BCUT2D eigenvalue weighted by Crippen LogP contribution is 2.33. The molecule has 1 aliphatic carbocycles. The number of aliphatic hydroxyl groups is 1. The number of carbonyl (C=O) groups excluding carboxylic acids is 1. The predicted molar refractivity (Wildman–Crippen MR) is 76.6 cm³/mol. The van der Waals surface area contributed by atoms with Crippen LogP contribution < -0.4 is 10.9 Å². The third-order valence-electron chi connectivity index (χ3n) is 4.20. The number of nitrogens with one attached hydrogen (secondary N) is 2. The fourth-order valence-electron chi connectivity index (χ4n) is 2.72. The summed E-state index contributed by atoms with van der Waals surface area (Å²) in [5.74, 6) is 0.338. The first-order valence-electron chi connectivity index (χ1n) is 7.22. The lowest BCUT2D eigenvalue weighted by atomic mass is 9.78. The maximum atomic E-state index is 11.9. The van der Waals surface area contributed by atoms with Crippen LogP contribution >= 0.6 is 0 Å². The highest BCUT2D eigenvalue weighted by Gasteiger charge is 2.32. The number of hydrogen-bond acceptors (Lipinski definition) is 3. The van der Waals surface area contributed by atoms with Crippen molar-refractivity contribution in [2.75, 3.05) is 6.54 Å². The van der Waals surface area contributed by atoms with Crippen molar-refractivity contribution in [3.05, 3.63) is 34.2 Å². The zero-order valence-electron chi connectivity index (χ0n) is 11.8. The van der Waals surface area contributed by atoms with E-state index in [1.54, 1.807) is 6.07 Å². The Kier molecular flexibility index (Phi) is 4.60. The molecule has 0 saturated heterocycles. The lowest BCUT2D eigenvalue weighted by Gasteiger charge is -2.35. The molecule has 5 heteroatoms. The number of hydrogen-bond donors (Lipinski definition) is 3. The number of pyridine rings is 1. The smallest absolute Gasteiger partial charge is 0.267 e. The van der Waals surface area contributed by atoms with Crippen LogP contribution in [-0.4, -0.2) is 28.1 Å². The number of aromatic amines is 1. The standard InChI is InChI=1S/C15H22N2O3/c1-2-11-6-8-15(20,9-7-11)10-16-14(19)12-4-3-5-13(18)17-12/h3-5,11,20H,2,6-10H2,1H3,(H,16,19)(H,17,18). The van der Waals surface area contributed by atoms with Gasteiger partial charge in [-0.3, -0.25) is 9.59 Å². The zero-order chi connectivity index (χ0) is 14.6. The Labute approximate surface area is 118 Å². The third kappa shape index (κ3) is 3.70. The van der Waals surface area contributed by atoms with Crippen LogP contribution in [0.3, 0.4) is 0 Å². The van der Waals surface area contributed by atoms with Gasteiger partial charge < -0.3 is 15.4 Å². The Balaban J connectivity index is 1.89. The van der Waals surface area contributed by atoms with Crippen LogP contribution in [0.25, 0.3) is 0 Å². The van der Waals surface area contributed by atoms with Gasteiger partial charge in [0.1, 0.15) is 5.69 Å². The minimum atomic E-state index is -0.809. The SMILES string of the molecule is CCC1CCC(O)(CNC(=O)c2cccc(=O)[nH]2)CC1. The van der Waals surface area contributed by atoms with Gasteiger partial charge in [-0.05, 0) is 37.7 Å². The fourth-order valence-corrected chi connectivity index (χ4v) is 2.72.